The fourth-order valence-electron chi connectivity index (χ4n) is 4.25. The highest BCUT2D eigenvalue weighted by Crippen LogP contribution is 2.32. The summed E-state index contributed by atoms with van der Waals surface area (Å²) in [6.07, 6.45) is 4.06. The fraction of sp³-hybridized carbons (Fsp3) is 0.692. The van der Waals surface area contributed by atoms with Crippen LogP contribution in [0.15, 0.2) is 12.7 Å². The smallest absolute Gasteiger partial charge is 0.316 e. The molecule has 11 nitrogen and oxygen atoms in total. The predicted octanol–water partition coefficient (Wildman–Crippen LogP) is 0.683. The van der Waals surface area contributed by atoms with Gasteiger partial charge in [0.05, 0.1) is 12.6 Å². The number of nitrogens with one attached hydrogen (secondary N) is 4. The molecule has 3 atom stereocenters. The molecule has 11 heteroatoms. The Kier molecular flexibility index (Phi) is 10.4. The van der Waals surface area contributed by atoms with Crippen LogP contribution in [0, 0.1) is 17.3 Å². The first-order chi connectivity index (χ1) is 17.3. The zero-order valence-electron chi connectivity index (χ0n) is 22.5. The average molecular weight is 520 g/mol. The van der Waals surface area contributed by atoms with Gasteiger partial charge in [-0.1, -0.05) is 40.7 Å². The van der Waals surface area contributed by atoms with E-state index in [1.54, 1.807) is 20.8 Å². The topological polar surface area (TPSA) is 154 Å². The van der Waals surface area contributed by atoms with Crippen molar-refractivity contribution in [1.29, 1.82) is 0 Å². The number of hydrogen-bond donors (Lipinski definition) is 4. The minimum atomic E-state index is -0.962. The molecular weight excluding hydrogens is 478 g/mol. The van der Waals surface area contributed by atoms with Crippen molar-refractivity contribution in [2.24, 2.45) is 17.3 Å². The highest BCUT2D eigenvalue weighted by atomic mass is 16.2. The number of amides is 5. The third kappa shape index (κ3) is 8.40. The molecule has 5 amide bonds. The lowest BCUT2D eigenvalue weighted by atomic mass is 9.85. The summed E-state index contributed by atoms with van der Waals surface area (Å²) in [4.78, 5) is 77.0. The first kappa shape index (κ1) is 30.0. The minimum Gasteiger partial charge on any atom is -0.347 e. The maximum Gasteiger partial charge on any atom is 0.316 e. The van der Waals surface area contributed by atoms with Gasteiger partial charge in [-0.15, -0.1) is 6.58 Å². The van der Waals surface area contributed by atoms with E-state index in [-0.39, 0.29) is 24.2 Å². The number of carbonyl (C=O) groups is 6. The third-order valence-electron chi connectivity index (χ3n) is 6.55. The van der Waals surface area contributed by atoms with Gasteiger partial charge in [-0.05, 0) is 37.0 Å². The lowest BCUT2D eigenvalue weighted by molar-refractivity contribution is -0.142. The van der Waals surface area contributed by atoms with E-state index in [2.05, 4.69) is 27.8 Å². The molecule has 0 aromatic heterocycles. The Labute approximate surface area is 218 Å². The van der Waals surface area contributed by atoms with E-state index in [0.717, 1.165) is 12.8 Å². The molecule has 1 aliphatic carbocycles. The second-order valence-corrected chi connectivity index (χ2v) is 11.1. The van der Waals surface area contributed by atoms with Crippen LogP contribution in [-0.4, -0.2) is 78.0 Å². The zero-order valence-corrected chi connectivity index (χ0v) is 22.5. The number of hydrogen-bond acceptors (Lipinski definition) is 6. The van der Waals surface area contributed by atoms with Crippen LogP contribution in [0.2, 0.25) is 0 Å². The van der Waals surface area contributed by atoms with Gasteiger partial charge in [0.1, 0.15) is 12.1 Å². The van der Waals surface area contributed by atoms with Crippen LogP contribution in [0.4, 0.5) is 4.79 Å². The summed E-state index contributed by atoms with van der Waals surface area (Å²) < 4.78 is 0. The highest BCUT2D eigenvalue weighted by Gasteiger charge is 2.43. The SMILES string of the molecule is C=CCNC(=O)C(=O)CNC(=O)[C@@H]1CCCN1C(=O)C(NC(=O)NC(C(=O)C1CC1)C(C)C)C(C)(C)C. The molecule has 1 aliphatic heterocycles. The van der Waals surface area contributed by atoms with Crippen molar-refractivity contribution in [2.45, 2.75) is 78.4 Å². The van der Waals surface area contributed by atoms with Crippen LogP contribution in [0.1, 0.15) is 60.3 Å². The van der Waals surface area contributed by atoms with E-state index in [4.69, 9.17) is 0 Å². The molecule has 0 bridgehead atoms. The van der Waals surface area contributed by atoms with Crippen molar-refractivity contribution in [1.82, 2.24) is 26.2 Å². The van der Waals surface area contributed by atoms with Gasteiger partial charge in [-0.3, -0.25) is 24.0 Å². The summed E-state index contributed by atoms with van der Waals surface area (Å²) in [5, 5.41) is 10.3. The van der Waals surface area contributed by atoms with Crippen LogP contribution in [0.3, 0.4) is 0 Å². The van der Waals surface area contributed by atoms with Gasteiger partial charge in [-0.2, -0.15) is 0 Å². The summed E-state index contributed by atoms with van der Waals surface area (Å²) in [6.45, 7) is 12.5. The zero-order chi connectivity index (χ0) is 27.9. The molecule has 0 spiro atoms. The van der Waals surface area contributed by atoms with Crippen molar-refractivity contribution in [3.8, 4) is 0 Å². The Hall–Kier alpha value is -3.24. The highest BCUT2D eigenvalue weighted by molar-refractivity contribution is 6.37. The standard InChI is InChI=1S/C26H41N5O6/c1-7-12-27-23(35)18(32)14-28-22(34)17-9-8-13-31(17)24(36)21(26(4,5)6)30-25(37)29-19(15(2)3)20(33)16-10-11-16/h7,15-17,19,21H,1,8-14H2,2-6H3,(H,27,35)(H,28,34)(H2,29,30,37)/t17-,19?,21?/m0/s1. The summed E-state index contributed by atoms with van der Waals surface area (Å²) >= 11 is 0. The Bertz CT molecular complexity index is 921. The second-order valence-electron chi connectivity index (χ2n) is 11.1. The second kappa shape index (κ2) is 12.8. The Morgan fingerprint density at radius 1 is 1.00 bits per heavy atom. The molecule has 1 saturated heterocycles. The number of Topliss-reactive ketones (excluding diaryl/α,β-unsaturated/α-hetero) is 2. The summed E-state index contributed by atoms with van der Waals surface area (Å²) in [7, 11) is 0. The predicted molar refractivity (Wildman–Crippen MR) is 137 cm³/mol. The summed E-state index contributed by atoms with van der Waals surface area (Å²) in [5.74, 6) is -2.72. The maximum absolute atomic E-state index is 13.6. The van der Waals surface area contributed by atoms with Crippen LogP contribution < -0.4 is 21.3 Å². The molecule has 2 rings (SSSR count). The minimum absolute atomic E-state index is 0.00721. The van der Waals surface area contributed by atoms with E-state index in [1.165, 1.54) is 11.0 Å². The monoisotopic (exact) mass is 519 g/mol. The van der Waals surface area contributed by atoms with E-state index >= 15 is 0 Å². The van der Waals surface area contributed by atoms with Crippen LogP contribution in [0.25, 0.3) is 0 Å². The molecule has 4 N–H and O–H groups in total. The van der Waals surface area contributed by atoms with E-state index in [1.807, 2.05) is 13.8 Å². The van der Waals surface area contributed by atoms with Crippen LogP contribution in [0.5, 0.6) is 0 Å². The molecule has 2 aliphatic rings. The lowest BCUT2D eigenvalue weighted by Gasteiger charge is -2.35. The van der Waals surface area contributed by atoms with E-state index in [0.29, 0.717) is 19.4 Å². The molecule has 1 saturated carbocycles. The molecule has 1 heterocycles. The molecule has 206 valence electrons. The lowest BCUT2D eigenvalue weighted by Crippen LogP contribution is -2.60. The van der Waals surface area contributed by atoms with Crippen molar-refractivity contribution < 1.29 is 28.8 Å². The Balaban J connectivity index is 2.05. The number of rotatable bonds is 12. The van der Waals surface area contributed by atoms with Crippen molar-refractivity contribution in [3.63, 3.8) is 0 Å². The van der Waals surface area contributed by atoms with Crippen molar-refractivity contribution in [3.05, 3.63) is 12.7 Å². The van der Waals surface area contributed by atoms with E-state index < -0.39 is 59.6 Å². The van der Waals surface area contributed by atoms with Gasteiger partial charge in [-0.25, -0.2) is 4.79 Å². The fourth-order valence-corrected chi connectivity index (χ4v) is 4.25. The van der Waals surface area contributed by atoms with E-state index in [9.17, 15) is 28.8 Å². The Morgan fingerprint density at radius 2 is 1.65 bits per heavy atom. The van der Waals surface area contributed by atoms with Gasteiger partial charge in [0.25, 0.3) is 5.91 Å². The first-order valence-electron chi connectivity index (χ1n) is 12.9. The number of nitrogens with zero attached hydrogens (tertiary/aromatic N) is 1. The molecule has 0 radical (unpaired) electrons. The first-order valence-corrected chi connectivity index (χ1v) is 12.9. The maximum atomic E-state index is 13.6. The Morgan fingerprint density at radius 3 is 2.19 bits per heavy atom. The molecule has 2 fully saturated rings. The molecular formula is C26H41N5O6. The number of likely N-dealkylation sites (tertiary alicyclic amines) is 1. The van der Waals surface area contributed by atoms with Crippen molar-refractivity contribution in [2.75, 3.05) is 19.6 Å². The van der Waals surface area contributed by atoms with Crippen LogP contribution >= 0.6 is 0 Å². The molecule has 37 heavy (non-hydrogen) atoms. The van der Waals surface area contributed by atoms with Gasteiger partial charge in [0.2, 0.25) is 17.6 Å². The average Bonchev–Trinajstić information content (AvgIpc) is 3.56. The molecule has 0 aromatic rings. The van der Waals surface area contributed by atoms with Crippen LogP contribution in [-0.2, 0) is 24.0 Å². The quantitative estimate of drug-likeness (QED) is 0.220. The molecule has 0 aromatic carbocycles. The van der Waals surface area contributed by atoms with Crippen molar-refractivity contribution >= 4 is 35.3 Å². The van der Waals surface area contributed by atoms with Gasteiger partial charge in [0, 0.05) is 19.0 Å². The number of urea groups is 1. The number of ketones is 2. The third-order valence-corrected chi connectivity index (χ3v) is 6.55. The van der Waals surface area contributed by atoms with Gasteiger partial charge in [0.15, 0.2) is 5.78 Å². The normalized spacial score (nSPS) is 19.0. The molecule has 2 unspecified atom stereocenters. The van der Waals surface area contributed by atoms with Gasteiger partial charge >= 0.3 is 6.03 Å². The number of carbonyl (C=O) groups excluding carboxylic acids is 6. The summed E-state index contributed by atoms with van der Waals surface area (Å²) in [5.41, 5.74) is -0.689. The summed E-state index contributed by atoms with van der Waals surface area (Å²) in [6, 6.07) is -3.05. The largest absolute Gasteiger partial charge is 0.347 e. The van der Waals surface area contributed by atoms with Gasteiger partial charge < -0.3 is 26.2 Å².